The van der Waals surface area contributed by atoms with E-state index in [2.05, 4.69) is 20.9 Å². The summed E-state index contributed by atoms with van der Waals surface area (Å²) >= 11 is 4.93. The zero-order valence-corrected chi connectivity index (χ0v) is 12.6. The summed E-state index contributed by atoms with van der Waals surface area (Å²) in [6, 6.07) is 0. The molecular formula is C10H9BrF2INO2. The van der Waals surface area contributed by atoms with Gasteiger partial charge in [-0.3, -0.25) is 4.79 Å². The quantitative estimate of drug-likeness (QED) is 0.426. The minimum absolute atomic E-state index is 0.0692. The van der Waals surface area contributed by atoms with Crippen molar-refractivity contribution < 1.29 is 18.3 Å². The Morgan fingerprint density at radius 2 is 2.29 bits per heavy atom. The van der Waals surface area contributed by atoms with Crippen molar-refractivity contribution in [1.82, 2.24) is 4.98 Å². The van der Waals surface area contributed by atoms with Crippen LogP contribution in [0.5, 0.6) is 0 Å². The van der Waals surface area contributed by atoms with E-state index in [1.165, 1.54) is 0 Å². The average molecular weight is 420 g/mol. The highest BCUT2D eigenvalue weighted by Gasteiger charge is 2.19. The molecule has 0 saturated heterocycles. The number of ether oxygens (including phenoxy) is 1. The summed E-state index contributed by atoms with van der Waals surface area (Å²) in [5.74, 6) is -0.459. The molecule has 94 valence electrons. The Labute approximate surface area is 119 Å². The fourth-order valence-electron chi connectivity index (χ4n) is 1.18. The minimum atomic E-state index is -2.61. The molecular weight excluding hydrogens is 411 g/mol. The second-order valence-corrected chi connectivity index (χ2v) is 4.91. The Balaban J connectivity index is 3.05. The molecule has 0 atom stereocenters. The molecule has 1 rings (SSSR count). The number of nitrogens with zero attached hydrogens (tertiary/aromatic N) is 1. The van der Waals surface area contributed by atoms with Gasteiger partial charge < -0.3 is 4.74 Å². The lowest BCUT2D eigenvalue weighted by Gasteiger charge is -2.10. The largest absolute Gasteiger partial charge is 0.466 e. The van der Waals surface area contributed by atoms with Crippen molar-refractivity contribution in [3.8, 4) is 0 Å². The zero-order chi connectivity index (χ0) is 13.0. The zero-order valence-electron chi connectivity index (χ0n) is 8.84. The highest BCUT2D eigenvalue weighted by atomic mass is 127. The van der Waals surface area contributed by atoms with E-state index in [0.29, 0.717) is 13.7 Å². The number of pyridine rings is 1. The molecule has 0 radical (unpaired) electrons. The number of hydrogen-bond acceptors (Lipinski definition) is 3. The van der Waals surface area contributed by atoms with Crippen LogP contribution in [0.25, 0.3) is 0 Å². The van der Waals surface area contributed by atoms with Crippen molar-refractivity contribution >= 4 is 44.5 Å². The summed E-state index contributed by atoms with van der Waals surface area (Å²) in [6.07, 6.45) is -1.57. The van der Waals surface area contributed by atoms with E-state index in [9.17, 15) is 13.6 Å². The second kappa shape index (κ2) is 6.58. The molecule has 3 nitrogen and oxygen atoms in total. The van der Waals surface area contributed by atoms with E-state index in [0.717, 1.165) is 6.20 Å². The van der Waals surface area contributed by atoms with Crippen molar-refractivity contribution in [3.05, 3.63) is 25.5 Å². The predicted molar refractivity (Wildman–Crippen MR) is 69.9 cm³/mol. The van der Waals surface area contributed by atoms with Crippen LogP contribution in [-0.2, 0) is 16.0 Å². The molecule has 17 heavy (non-hydrogen) atoms. The summed E-state index contributed by atoms with van der Waals surface area (Å²) in [5.41, 5.74) is 0.259. The molecule has 0 N–H and O–H groups in total. The highest BCUT2D eigenvalue weighted by molar-refractivity contribution is 14.1. The summed E-state index contributed by atoms with van der Waals surface area (Å²) in [4.78, 5) is 15.1. The molecule has 1 aromatic heterocycles. The van der Waals surface area contributed by atoms with Gasteiger partial charge in [0, 0.05) is 20.9 Å². The first-order chi connectivity index (χ1) is 7.97. The van der Waals surface area contributed by atoms with Crippen molar-refractivity contribution in [2.45, 2.75) is 19.8 Å². The Kier molecular flexibility index (Phi) is 5.71. The Morgan fingerprint density at radius 3 is 2.82 bits per heavy atom. The minimum Gasteiger partial charge on any atom is -0.466 e. The molecule has 0 saturated carbocycles. The fourth-order valence-corrected chi connectivity index (χ4v) is 2.82. The van der Waals surface area contributed by atoms with Gasteiger partial charge in [0.25, 0.3) is 6.43 Å². The van der Waals surface area contributed by atoms with Gasteiger partial charge >= 0.3 is 5.97 Å². The van der Waals surface area contributed by atoms with Gasteiger partial charge in [-0.05, 0) is 45.4 Å². The van der Waals surface area contributed by atoms with Crippen LogP contribution >= 0.6 is 38.5 Å². The van der Waals surface area contributed by atoms with Crippen LogP contribution in [-0.4, -0.2) is 17.6 Å². The first-order valence-corrected chi connectivity index (χ1v) is 6.61. The number of carbonyl (C=O) groups is 1. The average Bonchev–Trinajstić information content (AvgIpc) is 2.24. The van der Waals surface area contributed by atoms with Crippen molar-refractivity contribution in [2.24, 2.45) is 0 Å². The molecule has 0 fully saturated rings. The number of halogens is 4. The number of esters is 1. The van der Waals surface area contributed by atoms with Crippen molar-refractivity contribution in [3.63, 3.8) is 0 Å². The maximum Gasteiger partial charge on any atom is 0.310 e. The van der Waals surface area contributed by atoms with Gasteiger partial charge in [0.2, 0.25) is 0 Å². The van der Waals surface area contributed by atoms with E-state index in [4.69, 9.17) is 4.74 Å². The van der Waals surface area contributed by atoms with Gasteiger partial charge in [0.15, 0.2) is 0 Å². The standard InChI is InChI=1S/C10H9BrF2INO2/c1-2-17-7(16)3-5-8(14)6(10(12)13)4-15-9(5)11/h4,10H,2-3H2,1H3. The first kappa shape index (κ1) is 14.7. The summed E-state index contributed by atoms with van der Waals surface area (Å²) in [7, 11) is 0. The number of aromatic nitrogens is 1. The Bertz CT molecular complexity index is 429. The Hall–Kier alpha value is -0.310. The molecule has 0 aromatic carbocycles. The van der Waals surface area contributed by atoms with Crippen LogP contribution in [0.3, 0.4) is 0 Å². The van der Waals surface area contributed by atoms with Gasteiger partial charge in [-0.15, -0.1) is 0 Å². The van der Waals surface area contributed by atoms with E-state index in [1.807, 2.05) is 0 Å². The molecule has 1 aromatic rings. The lowest BCUT2D eigenvalue weighted by molar-refractivity contribution is -0.142. The molecule has 0 aliphatic heterocycles. The van der Waals surface area contributed by atoms with E-state index in [1.54, 1.807) is 29.5 Å². The van der Waals surface area contributed by atoms with Crippen molar-refractivity contribution in [2.75, 3.05) is 6.61 Å². The van der Waals surface area contributed by atoms with Crippen LogP contribution in [0.2, 0.25) is 0 Å². The highest BCUT2D eigenvalue weighted by Crippen LogP contribution is 2.30. The number of alkyl halides is 2. The van der Waals surface area contributed by atoms with Gasteiger partial charge in [-0.1, -0.05) is 0 Å². The predicted octanol–water partition coefficient (Wildman–Crippen LogP) is 3.49. The smallest absolute Gasteiger partial charge is 0.310 e. The number of rotatable bonds is 4. The third-order valence-corrected chi connectivity index (χ3v) is 3.90. The molecule has 0 aliphatic carbocycles. The van der Waals surface area contributed by atoms with Crippen LogP contribution in [0.4, 0.5) is 8.78 Å². The molecule has 7 heteroatoms. The van der Waals surface area contributed by atoms with Gasteiger partial charge in [-0.2, -0.15) is 0 Å². The monoisotopic (exact) mass is 419 g/mol. The molecule has 0 unspecified atom stereocenters. The van der Waals surface area contributed by atoms with Crippen molar-refractivity contribution in [1.29, 1.82) is 0 Å². The third-order valence-electron chi connectivity index (χ3n) is 1.95. The van der Waals surface area contributed by atoms with Crippen LogP contribution in [0, 0.1) is 3.57 Å². The molecule has 0 spiro atoms. The molecule has 1 heterocycles. The first-order valence-electron chi connectivity index (χ1n) is 4.73. The molecule has 0 bridgehead atoms. The molecule has 0 amide bonds. The molecule has 0 aliphatic rings. The number of hydrogen-bond donors (Lipinski definition) is 0. The topological polar surface area (TPSA) is 39.2 Å². The summed E-state index contributed by atoms with van der Waals surface area (Å²) in [5, 5.41) is 0. The Morgan fingerprint density at radius 1 is 1.65 bits per heavy atom. The number of carbonyl (C=O) groups excluding carboxylic acids is 1. The SMILES string of the molecule is CCOC(=O)Cc1c(Br)ncc(C(F)F)c1I. The fraction of sp³-hybridized carbons (Fsp3) is 0.400. The summed E-state index contributed by atoms with van der Waals surface area (Å²) in [6.45, 7) is 1.95. The maximum absolute atomic E-state index is 12.6. The van der Waals surface area contributed by atoms with Crippen LogP contribution < -0.4 is 0 Å². The lowest BCUT2D eigenvalue weighted by Crippen LogP contribution is -2.11. The van der Waals surface area contributed by atoms with Crippen LogP contribution in [0.1, 0.15) is 24.5 Å². The summed E-state index contributed by atoms with van der Waals surface area (Å²) < 4.78 is 30.8. The third kappa shape index (κ3) is 3.84. The van der Waals surface area contributed by atoms with Gasteiger partial charge in [-0.25, -0.2) is 13.8 Å². The second-order valence-electron chi connectivity index (χ2n) is 3.08. The normalized spacial score (nSPS) is 10.7. The maximum atomic E-state index is 12.6. The van der Waals surface area contributed by atoms with Crippen LogP contribution in [0.15, 0.2) is 10.8 Å². The van der Waals surface area contributed by atoms with E-state index in [-0.39, 0.29) is 18.6 Å². The van der Waals surface area contributed by atoms with E-state index < -0.39 is 12.4 Å². The van der Waals surface area contributed by atoms with E-state index >= 15 is 0 Å². The van der Waals surface area contributed by atoms with Gasteiger partial charge in [0.05, 0.1) is 13.0 Å². The lowest BCUT2D eigenvalue weighted by atomic mass is 10.1. The van der Waals surface area contributed by atoms with Gasteiger partial charge in [0.1, 0.15) is 4.60 Å².